The van der Waals surface area contributed by atoms with Crippen molar-refractivity contribution in [1.82, 2.24) is 19.7 Å². The van der Waals surface area contributed by atoms with Gasteiger partial charge in [0.15, 0.2) is 10.8 Å². The molecule has 0 spiro atoms. The van der Waals surface area contributed by atoms with Crippen LogP contribution in [0.1, 0.15) is 11.3 Å². The Bertz CT molecular complexity index is 893. The molecular weight excluding hydrogens is 322 g/mol. The average molecular weight is 339 g/mol. The highest BCUT2D eigenvalue weighted by Crippen LogP contribution is 2.31. The fourth-order valence-electron chi connectivity index (χ4n) is 3.05. The summed E-state index contributed by atoms with van der Waals surface area (Å²) in [6.45, 7) is 5.42. The van der Waals surface area contributed by atoms with Crippen LogP contribution >= 0.6 is 11.3 Å². The average Bonchev–Trinajstić information content (AvgIpc) is 3.17. The Kier molecular flexibility index (Phi) is 3.58. The first-order chi connectivity index (χ1) is 11.7. The molecule has 4 heterocycles. The van der Waals surface area contributed by atoms with Crippen LogP contribution in [0.2, 0.25) is 0 Å². The SMILES string of the molecule is Cc1nn(C)c2nc(N3CCN(c4ncccc4C#N)CC3)sc12. The molecule has 0 aliphatic carbocycles. The summed E-state index contributed by atoms with van der Waals surface area (Å²) in [6.07, 6.45) is 1.74. The molecule has 0 saturated carbocycles. The Morgan fingerprint density at radius 3 is 2.67 bits per heavy atom. The van der Waals surface area contributed by atoms with Crippen molar-refractivity contribution >= 4 is 32.6 Å². The van der Waals surface area contributed by atoms with E-state index >= 15 is 0 Å². The summed E-state index contributed by atoms with van der Waals surface area (Å²) in [4.78, 5) is 13.6. The number of thiazole rings is 1. The van der Waals surface area contributed by atoms with Crippen LogP contribution in [0.5, 0.6) is 0 Å². The van der Waals surface area contributed by atoms with Crippen molar-refractivity contribution in [2.75, 3.05) is 36.0 Å². The highest BCUT2D eigenvalue weighted by atomic mass is 32.1. The van der Waals surface area contributed by atoms with E-state index in [1.807, 2.05) is 24.7 Å². The van der Waals surface area contributed by atoms with Crippen molar-refractivity contribution in [1.29, 1.82) is 5.26 Å². The summed E-state index contributed by atoms with van der Waals surface area (Å²) in [5, 5.41) is 14.7. The van der Waals surface area contributed by atoms with E-state index in [1.54, 1.807) is 23.6 Å². The highest BCUT2D eigenvalue weighted by molar-refractivity contribution is 7.22. The van der Waals surface area contributed by atoms with Crippen LogP contribution in [0.25, 0.3) is 10.3 Å². The minimum absolute atomic E-state index is 0.632. The van der Waals surface area contributed by atoms with Crippen LogP contribution < -0.4 is 9.80 Å². The predicted molar refractivity (Wildman–Crippen MR) is 94.5 cm³/mol. The number of fused-ring (bicyclic) bond motifs is 1. The zero-order chi connectivity index (χ0) is 16.7. The molecule has 8 heteroatoms. The number of rotatable bonds is 2. The van der Waals surface area contributed by atoms with Gasteiger partial charge >= 0.3 is 0 Å². The summed E-state index contributed by atoms with van der Waals surface area (Å²) in [5.74, 6) is 0.781. The van der Waals surface area contributed by atoms with Gasteiger partial charge in [-0.25, -0.2) is 14.6 Å². The lowest BCUT2D eigenvalue weighted by Gasteiger charge is -2.35. The maximum absolute atomic E-state index is 9.24. The number of pyridine rings is 1. The van der Waals surface area contributed by atoms with E-state index in [0.717, 1.165) is 53.2 Å². The van der Waals surface area contributed by atoms with Crippen molar-refractivity contribution in [3.8, 4) is 6.07 Å². The van der Waals surface area contributed by atoms with Gasteiger partial charge in [-0.1, -0.05) is 11.3 Å². The van der Waals surface area contributed by atoms with Crippen molar-refractivity contribution in [3.63, 3.8) is 0 Å². The van der Waals surface area contributed by atoms with Gasteiger partial charge in [-0.05, 0) is 19.1 Å². The summed E-state index contributed by atoms with van der Waals surface area (Å²) in [5.41, 5.74) is 2.61. The molecule has 0 N–H and O–H groups in total. The second-order valence-electron chi connectivity index (χ2n) is 5.82. The normalized spacial score (nSPS) is 15.0. The maximum atomic E-state index is 9.24. The van der Waals surface area contributed by atoms with E-state index in [-0.39, 0.29) is 0 Å². The van der Waals surface area contributed by atoms with Gasteiger partial charge in [0.25, 0.3) is 0 Å². The highest BCUT2D eigenvalue weighted by Gasteiger charge is 2.23. The first-order valence-electron chi connectivity index (χ1n) is 7.82. The smallest absolute Gasteiger partial charge is 0.188 e. The molecule has 24 heavy (non-hydrogen) atoms. The second-order valence-corrected chi connectivity index (χ2v) is 6.80. The lowest BCUT2D eigenvalue weighted by molar-refractivity contribution is 0.645. The van der Waals surface area contributed by atoms with Crippen molar-refractivity contribution in [2.45, 2.75) is 6.92 Å². The Hall–Kier alpha value is -2.66. The lowest BCUT2D eigenvalue weighted by Crippen LogP contribution is -2.47. The minimum Gasteiger partial charge on any atom is -0.352 e. The first kappa shape index (κ1) is 14.9. The van der Waals surface area contributed by atoms with Crippen LogP contribution in [0.15, 0.2) is 18.3 Å². The van der Waals surface area contributed by atoms with Crippen molar-refractivity contribution < 1.29 is 0 Å². The Morgan fingerprint density at radius 2 is 1.96 bits per heavy atom. The summed E-state index contributed by atoms with van der Waals surface area (Å²) in [7, 11) is 1.93. The number of aromatic nitrogens is 4. The first-order valence-corrected chi connectivity index (χ1v) is 8.64. The van der Waals surface area contributed by atoms with E-state index in [1.165, 1.54) is 0 Å². The largest absolute Gasteiger partial charge is 0.352 e. The van der Waals surface area contributed by atoms with Gasteiger partial charge in [0, 0.05) is 39.4 Å². The fourth-order valence-corrected chi connectivity index (χ4v) is 4.14. The Labute approximate surface area is 143 Å². The van der Waals surface area contributed by atoms with E-state index in [2.05, 4.69) is 26.0 Å². The van der Waals surface area contributed by atoms with Gasteiger partial charge in [0.1, 0.15) is 11.9 Å². The Balaban J connectivity index is 1.53. The van der Waals surface area contributed by atoms with Gasteiger partial charge in [-0.3, -0.25) is 0 Å². The minimum atomic E-state index is 0.632. The molecule has 0 atom stereocenters. The van der Waals surface area contributed by atoms with E-state index < -0.39 is 0 Å². The zero-order valence-corrected chi connectivity index (χ0v) is 14.4. The summed E-state index contributed by atoms with van der Waals surface area (Å²) in [6, 6.07) is 5.84. The predicted octanol–water partition coefficient (Wildman–Crippen LogP) is 1.93. The molecule has 1 saturated heterocycles. The Morgan fingerprint density at radius 1 is 1.21 bits per heavy atom. The number of anilines is 2. The quantitative estimate of drug-likeness (QED) is 0.710. The third-order valence-corrected chi connectivity index (χ3v) is 5.50. The summed E-state index contributed by atoms with van der Waals surface area (Å²) >= 11 is 1.70. The molecule has 0 aromatic carbocycles. The van der Waals surface area contributed by atoms with Gasteiger partial charge in [-0.15, -0.1) is 0 Å². The van der Waals surface area contributed by atoms with Crippen molar-refractivity contribution in [2.24, 2.45) is 7.05 Å². The number of piperazine rings is 1. The number of nitriles is 1. The maximum Gasteiger partial charge on any atom is 0.188 e. The molecule has 1 fully saturated rings. The second kappa shape index (κ2) is 5.76. The van der Waals surface area contributed by atoms with E-state index in [0.29, 0.717) is 5.56 Å². The molecule has 3 aromatic heterocycles. The molecule has 122 valence electrons. The summed E-state index contributed by atoms with van der Waals surface area (Å²) < 4.78 is 3.00. The molecule has 0 radical (unpaired) electrons. The monoisotopic (exact) mass is 339 g/mol. The van der Waals surface area contributed by atoms with Crippen LogP contribution in [-0.2, 0) is 7.05 Å². The van der Waals surface area contributed by atoms with Gasteiger partial charge in [0.2, 0.25) is 0 Å². The number of nitrogens with zero attached hydrogens (tertiary/aromatic N) is 7. The molecule has 0 bridgehead atoms. The molecule has 4 rings (SSSR count). The molecule has 0 unspecified atom stereocenters. The third kappa shape index (κ3) is 2.37. The number of aryl methyl sites for hydroxylation is 2. The lowest BCUT2D eigenvalue weighted by atomic mass is 10.2. The zero-order valence-electron chi connectivity index (χ0n) is 13.6. The van der Waals surface area contributed by atoms with E-state index in [4.69, 9.17) is 4.98 Å². The topological polar surface area (TPSA) is 73.9 Å². The van der Waals surface area contributed by atoms with Gasteiger partial charge < -0.3 is 9.80 Å². The van der Waals surface area contributed by atoms with Crippen LogP contribution in [-0.4, -0.2) is 45.9 Å². The van der Waals surface area contributed by atoms with Gasteiger partial charge in [-0.2, -0.15) is 10.4 Å². The van der Waals surface area contributed by atoms with E-state index in [9.17, 15) is 5.26 Å². The van der Waals surface area contributed by atoms with Crippen LogP contribution in [0.4, 0.5) is 10.9 Å². The van der Waals surface area contributed by atoms with Gasteiger partial charge in [0.05, 0.1) is 16.0 Å². The molecule has 7 nitrogen and oxygen atoms in total. The number of hydrogen-bond donors (Lipinski definition) is 0. The van der Waals surface area contributed by atoms with Crippen LogP contribution in [0, 0.1) is 18.3 Å². The fraction of sp³-hybridized carbons (Fsp3) is 0.375. The molecule has 1 aliphatic rings. The standard InChI is InChI=1S/C16H17N7S/c1-11-13-15(21(2)20-11)19-16(24-13)23-8-6-22(7-9-23)14-12(10-17)4-3-5-18-14/h3-5H,6-9H2,1-2H3. The third-order valence-electron chi connectivity index (χ3n) is 4.29. The molecular formula is C16H17N7S. The number of hydrogen-bond acceptors (Lipinski definition) is 7. The molecule has 0 amide bonds. The molecule has 1 aliphatic heterocycles. The molecule has 3 aromatic rings. The van der Waals surface area contributed by atoms with Crippen LogP contribution in [0.3, 0.4) is 0 Å². The van der Waals surface area contributed by atoms with Crippen molar-refractivity contribution in [3.05, 3.63) is 29.6 Å².